The Morgan fingerprint density at radius 2 is 1.33 bits per heavy atom. The van der Waals surface area contributed by atoms with Crippen LogP contribution in [-0.4, -0.2) is 136 Å². The monoisotopic (exact) mass is 919 g/mol. The van der Waals surface area contributed by atoms with Crippen molar-refractivity contribution < 1.29 is 58.2 Å². The molecular formula is C43H57N11O12. The number of H-pyrrole nitrogens is 1. The van der Waals surface area contributed by atoms with E-state index in [0.717, 1.165) is 17.8 Å². The van der Waals surface area contributed by atoms with Crippen molar-refractivity contribution >= 4 is 70.0 Å². The van der Waals surface area contributed by atoms with Gasteiger partial charge in [-0.1, -0.05) is 62.4 Å². The van der Waals surface area contributed by atoms with Gasteiger partial charge < -0.3 is 69.2 Å². The van der Waals surface area contributed by atoms with E-state index in [0.29, 0.717) is 11.1 Å². The number of carbonyl (C=O) groups is 10. The number of hydrogen-bond donors (Lipinski definition) is 13. The smallest absolute Gasteiger partial charge is 0.245 e. The van der Waals surface area contributed by atoms with Crippen molar-refractivity contribution in [3.05, 3.63) is 71.9 Å². The van der Waals surface area contributed by atoms with E-state index in [4.69, 9.17) is 11.5 Å². The van der Waals surface area contributed by atoms with Gasteiger partial charge in [-0.05, 0) is 36.5 Å². The second kappa shape index (κ2) is 24.0. The summed E-state index contributed by atoms with van der Waals surface area (Å²) in [7, 11) is 0. The molecule has 1 saturated heterocycles. The normalized spacial score (nSPS) is 16.5. The molecule has 1 aliphatic heterocycles. The lowest BCUT2D eigenvalue weighted by Crippen LogP contribution is -2.62. The summed E-state index contributed by atoms with van der Waals surface area (Å²) >= 11 is 0. The van der Waals surface area contributed by atoms with Crippen LogP contribution in [0.1, 0.15) is 51.2 Å². The van der Waals surface area contributed by atoms with Crippen LogP contribution in [0.3, 0.4) is 0 Å². The highest BCUT2D eigenvalue weighted by molar-refractivity contribution is 5.99. The van der Waals surface area contributed by atoms with Gasteiger partial charge >= 0.3 is 0 Å². The molecule has 8 unspecified atom stereocenters. The molecule has 0 spiro atoms. The van der Waals surface area contributed by atoms with Crippen LogP contribution in [0.25, 0.3) is 10.9 Å². The fourth-order valence-corrected chi connectivity index (χ4v) is 6.99. The topological polar surface area (TPSA) is 375 Å². The van der Waals surface area contributed by atoms with Gasteiger partial charge in [-0.25, -0.2) is 0 Å². The van der Waals surface area contributed by atoms with Gasteiger partial charge in [-0.3, -0.25) is 47.9 Å². The molecule has 0 bridgehead atoms. The number of para-hydroxylation sites is 1. The summed E-state index contributed by atoms with van der Waals surface area (Å²) in [6.07, 6.45) is -0.502. The molecule has 1 aliphatic rings. The summed E-state index contributed by atoms with van der Waals surface area (Å²) in [4.78, 5) is 132. The number of fused-ring (bicyclic) bond motifs is 1. The van der Waals surface area contributed by atoms with E-state index in [-0.39, 0.29) is 31.6 Å². The molecule has 10 amide bonds. The van der Waals surface area contributed by atoms with Crippen molar-refractivity contribution in [2.24, 2.45) is 17.4 Å². The van der Waals surface area contributed by atoms with Crippen molar-refractivity contribution in [3.63, 3.8) is 0 Å². The standard InChI is InChI=1S/C43H57N11O12/c1-21(2)35(53-38(61)27-13-14-33(58)48-27)43(66)51-30(17-32(44)57)40(63)50-29(15-23-9-5-4-6-10-23)39(62)52-31(20-55)41(64)54-36(22(3)56)42(65)47-19-34(59)49-28(37(45)60)16-24-18-46-26-12-8-7-11-25(24)26/h4-12,18,21-22,27-31,35-36,46,55-56H,13-17,19-20H2,1-3H3,(H2,44,57)(H2,45,60)(H,47,65)(H,48,58)(H,49,59)(H,50,63)(H,51,66)(H,52,62)(H,53,61)(H,54,64). The van der Waals surface area contributed by atoms with E-state index >= 15 is 0 Å². The highest BCUT2D eigenvalue weighted by Gasteiger charge is 2.36. The summed E-state index contributed by atoms with van der Waals surface area (Å²) in [6.45, 7) is 2.63. The Morgan fingerprint density at radius 3 is 1.94 bits per heavy atom. The summed E-state index contributed by atoms with van der Waals surface area (Å²) in [6, 6.07) is 5.52. The zero-order valence-corrected chi connectivity index (χ0v) is 36.6. The molecule has 66 heavy (non-hydrogen) atoms. The highest BCUT2D eigenvalue weighted by atomic mass is 16.3. The van der Waals surface area contributed by atoms with Crippen molar-refractivity contribution in [2.45, 2.75) is 101 Å². The van der Waals surface area contributed by atoms with E-state index in [1.165, 1.54) is 0 Å². The number of aliphatic hydroxyl groups is 2. The van der Waals surface area contributed by atoms with Crippen LogP contribution in [0.5, 0.6) is 0 Å². The lowest BCUT2D eigenvalue weighted by Gasteiger charge is -2.28. The van der Waals surface area contributed by atoms with Crippen LogP contribution < -0.4 is 54.0 Å². The molecule has 2 heterocycles. The molecule has 23 heteroatoms. The molecule has 3 aromatic rings. The number of carbonyl (C=O) groups excluding carboxylic acids is 10. The fourth-order valence-electron chi connectivity index (χ4n) is 6.99. The lowest BCUT2D eigenvalue weighted by molar-refractivity contribution is -0.137. The van der Waals surface area contributed by atoms with E-state index < -0.39 is 127 Å². The molecular weight excluding hydrogens is 863 g/mol. The summed E-state index contributed by atoms with van der Waals surface area (Å²) < 4.78 is 0. The maximum absolute atomic E-state index is 13.8. The van der Waals surface area contributed by atoms with Gasteiger partial charge in [0.25, 0.3) is 0 Å². The summed E-state index contributed by atoms with van der Waals surface area (Å²) in [5, 5.41) is 40.6. The first-order valence-corrected chi connectivity index (χ1v) is 21.1. The van der Waals surface area contributed by atoms with Gasteiger partial charge in [-0.2, -0.15) is 0 Å². The summed E-state index contributed by atoms with van der Waals surface area (Å²) in [5.74, 6) is -9.37. The molecule has 1 fully saturated rings. The number of aliphatic hydroxyl groups excluding tert-OH is 2. The molecule has 0 saturated carbocycles. The van der Waals surface area contributed by atoms with Crippen LogP contribution in [0.2, 0.25) is 0 Å². The average molecular weight is 920 g/mol. The Bertz CT molecular complexity index is 2270. The Kier molecular flexibility index (Phi) is 18.7. The van der Waals surface area contributed by atoms with Gasteiger partial charge in [0.1, 0.15) is 42.3 Å². The quantitative estimate of drug-likeness (QED) is 0.0406. The second-order valence-electron chi connectivity index (χ2n) is 16.1. The third kappa shape index (κ3) is 14.8. The van der Waals surface area contributed by atoms with Gasteiger partial charge in [0.2, 0.25) is 59.1 Å². The lowest BCUT2D eigenvalue weighted by atomic mass is 10.0. The number of amides is 10. The van der Waals surface area contributed by atoms with Crippen molar-refractivity contribution in [1.82, 2.24) is 47.5 Å². The Balaban J connectivity index is 1.41. The van der Waals surface area contributed by atoms with Crippen molar-refractivity contribution in [3.8, 4) is 0 Å². The summed E-state index contributed by atoms with van der Waals surface area (Å²) in [5.41, 5.74) is 13.0. The maximum Gasteiger partial charge on any atom is 0.245 e. The van der Waals surface area contributed by atoms with Crippen molar-refractivity contribution in [1.29, 1.82) is 0 Å². The van der Waals surface area contributed by atoms with Gasteiger partial charge in [0.05, 0.1) is 25.7 Å². The minimum absolute atomic E-state index is 0.0315. The third-order valence-corrected chi connectivity index (χ3v) is 10.6. The van der Waals surface area contributed by atoms with Crippen LogP contribution in [0.4, 0.5) is 0 Å². The maximum atomic E-state index is 13.8. The first-order chi connectivity index (χ1) is 31.3. The van der Waals surface area contributed by atoms with Crippen molar-refractivity contribution in [2.75, 3.05) is 13.2 Å². The SMILES string of the molecule is CC(C)C(NC(=O)C1CCC(=O)N1)C(=O)NC(CC(N)=O)C(=O)NC(Cc1ccccc1)C(=O)NC(CO)C(=O)NC(C(=O)NCC(=O)NC(Cc1c[nH]c2ccccc12)C(N)=O)C(C)O. The zero-order valence-electron chi connectivity index (χ0n) is 36.6. The number of hydrogen-bond acceptors (Lipinski definition) is 12. The van der Waals surface area contributed by atoms with Crippen LogP contribution in [-0.2, 0) is 60.8 Å². The third-order valence-electron chi connectivity index (χ3n) is 10.6. The molecule has 356 valence electrons. The predicted molar refractivity (Wildman–Crippen MR) is 235 cm³/mol. The molecule has 15 N–H and O–H groups in total. The second-order valence-corrected chi connectivity index (χ2v) is 16.1. The highest BCUT2D eigenvalue weighted by Crippen LogP contribution is 2.19. The molecule has 2 aromatic carbocycles. The number of rotatable bonds is 24. The number of aromatic amines is 1. The van der Waals surface area contributed by atoms with E-state index in [9.17, 15) is 58.2 Å². The first-order valence-electron chi connectivity index (χ1n) is 21.1. The molecule has 23 nitrogen and oxygen atoms in total. The molecule has 8 atom stereocenters. The Hall–Kier alpha value is -7.40. The van der Waals surface area contributed by atoms with Gasteiger partial charge in [0, 0.05) is 36.4 Å². The largest absolute Gasteiger partial charge is 0.394 e. The van der Waals surface area contributed by atoms with Gasteiger partial charge in [-0.15, -0.1) is 0 Å². The molecule has 1 aromatic heterocycles. The van der Waals surface area contributed by atoms with Crippen LogP contribution in [0, 0.1) is 5.92 Å². The molecule has 4 rings (SSSR count). The number of nitrogens with one attached hydrogen (secondary N) is 9. The minimum atomic E-state index is -1.79. The van der Waals surface area contributed by atoms with E-state index in [2.05, 4.69) is 47.5 Å². The number of primary amides is 2. The molecule has 0 aliphatic carbocycles. The zero-order chi connectivity index (χ0) is 48.7. The minimum Gasteiger partial charge on any atom is -0.394 e. The Morgan fingerprint density at radius 1 is 0.712 bits per heavy atom. The molecule has 0 radical (unpaired) electrons. The number of aromatic nitrogens is 1. The number of benzene rings is 2. The fraction of sp³-hybridized carbons (Fsp3) is 0.442. The van der Waals surface area contributed by atoms with Crippen LogP contribution >= 0.6 is 0 Å². The van der Waals surface area contributed by atoms with E-state index in [1.807, 2.05) is 18.2 Å². The average Bonchev–Trinajstić information content (AvgIpc) is 3.90. The van der Waals surface area contributed by atoms with E-state index in [1.54, 1.807) is 56.4 Å². The van der Waals surface area contributed by atoms with Gasteiger partial charge in [0.15, 0.2) is 0 Å². The predicted octanol–water partition coefficient (Wildman–Crippen LogP) is -4.35. The number of nitrogens with two attached hydrogens (primary N) is 2. The Labute approximate surface area is 378 Å². The first kappa shape index (κ1) is 51.2. The van der Waals surface area contributed by atoms with Crippen LogP contribution in [0.15, 0.2) is 60.8 Å².